The molecule has 0 aliphatic rings. The van der Waals surface area contributed by atoms with E-state index in [1.807, 2.05) is 42.6 Å². The summed E-state index contributed by atoms with van der Waals surface area (Å²) in [5, 5.41) is 6.04. The van der Waals surface area contributed by atoms with Crippen molar-refractivity contribution >= 4 is 38.9 Å². The SMILES string of the molecule is C/C(=N\NC(=O)COc1ccc(C(C)C)cc1Br)c1cccs1. The maximum Gasteiger partial charge on any atom is 0.277 e. The second kappa shape index (κ2) is 8.26. The van der Waals surface area contributed by atoms with E-state index in [-0.39, 0.29) is 12.5 Å². The van der Waals surface area contributed by atoms with Gasteiger partial charge in [0.05, 0.1) is 10.2 Å². The van der Waals surface area contributed by atoms with Crippen LogP contribution in [0.15, 0.2) is 45.3 Å². The van der Waals surface area contributed by atoms with Gasteiger partial charge in [0.15, 0.2) is 6.61 Å². The van der Waals surface area contributed by atoms with E-state index in [9.17, 15) is 4.79 Å². The van der Waals surface area contributed by atoms with E-state index >= 15 is 0 Å². The molecule has 0 aliphatic heterocycles. The third-order valence-corrected chi connectivity index (χ3v) is 4.81. The van der Waals surface area contributed by atoms with Crippen molar-refractivity contribution < 1.29 is 9.53 Å². The summed E-state index contributed by atoms with van der Waals surface area (Å²) in [6.45, 7) is 6.03. The van der Waals surface area contributed by atoms with Gasteiger partial charge in [0, 0.05) is 4.88 Å². The summed E-state index contributed by atoms with van der Waals surface area (Å²) in [6, 6.07) is 9.79. The van der Waals surface area contributed by atoms with Crippen LogP contribution >= 0.6 is 27.3 Å². The molecule has 1 aromatic heterocycles. The summed E-state index contributed by atoms with van der Waals surface area (Å²) in [6.07, 6.45) is 0. The molecule has 23 heavy (non-hydrogen) atoms. The van der Waals surface area contributed by atoms with Crippen molar-refractivity contribution in [3.8, 4) is 5.75 Å². The second-order valence-electron chi connectivity index (χ2n) is 5.34. The van der Waals surface area contributed by atoms with Gasteiger partial charge in [-0.15, -0.1) is 11.3 Å². The van der Waals surface area contributed by atoms with Crippen molar-refractivity contribution in [1.82, 2.24) is 5.43 Å². The number of carbonyl (C=O) groups excluding carboxylic acids is 1. The molecule has 0 saturated carbocycles. The van der Waals surface area contributed by atoms with Crippen LogP contribution in [0.2, 0.25) is 0 Å². The summed E-state index contributed by atoms with van der Waals surface area (Å²) in [4.78, 5) is 12.8. The molecule has 0 atom stereocenters. The first-order valence-corrected chi connectivity index (χ1v) is 8.94. The Kier molecular flexibility index (Phi) is 6.36. The first-order chi connectivity index (χ1) is 11.0. The average Bonchev–Trinajstić information content (AvgIpc) is 3.05. The number of nitrogens with one attached hydrogen (secondary N) is 1. The predicted octanol–water partition coefficient (Wildman–Crippen LogP) is 4.55. The van der Waals surface area contributed by atoms with Gasteiger partial charge in [0.2, 0.25) is 0 Å². The number of ether oxygens (including phenoxy) is 1. The topological polar surface area (TPSA) is 50.7 Å². The minimum atomic E-state index is -0.291. The lowest BCUT2D eigenvalue weighted by Gasteiger charge is -2.11. The Labute approximate surface area is 148 Å². The van der Waals surface area contributed by atoms with Crippen LogP contribution in [-0.4, -0.2) is 18.2 Å². The maximum atomic E-state index is 11.8. The van der Waals surface area contributed by atoms with Crippen molar-refractivity contribution in [3.63, 3.8) is 0 Å². The molecule has 6 heteroatoms. The lowest BCUT2D eigenvalue weighted by atomic mass is 10.0. The van der Waals surface area contributed by atoms with E-state index in [2.05, 4.69) is 40.3 Å². The normalized spacial score (nSPS) is 11.6. The van der Waals surface area contributed by atoms with Gasteiger partial charge in [-0.1, -0.05) is 26.0 Å². The predicted molar refractivity (Wildman–Crippen MR) is 98.4 cm³/mol. The molecule has 1 N–H and O–H groups in total. The van der Waals surface area contributed by atoms with Crippen LogP contribution < -0.4 is 10.2 Å². The van der Waals surface area contributed by atoms with Gasteiger partial charge in [-0.2, -0.15) is 5.10 Å². The van der Waals surface area contributed by atoms with Crippen molar-refractivity contribution in [2.75, 3.05) is 6.61 Å². The number of benzene rings is 1. The fourth-order valence-corrected chi connectivity index (χ4v) is 3.04. The molecular formula is C17H19BrN2O2S. The number of amides is 1. The van der Waals surface area contributed by atoms with Gasteiger partial charge >= 0.3 is 0 Å². The van der Waals surface area contributed by atoms with Crippen molar-refractivity contribution in [2.45, 2.75) is 26.7 Å². The molecule has 0 saturated heterocycles. The number of halogens is 1. The van der Waals surface area contributed by atoms with Gasteiger partial charge in [-0.05, 0) is 57.9 Å². The van der Waals surface area contributed by atoms with E-state index < -0.39 is 0 Å². The van der Waals surface area contributed by atoms with Crippen LogP contribution in [0.1, 0.15) is 37.1 Å². The number of carbonyl (C=O) groups is 1. The van der Waals surface area contributed by atoms with Crippen LogP contribution in [0.5, 0.6) is 5.75 Å². The molecule has 0 unspecified atom stereocenters. The molecule has 4 nitrogen and oxygen atoms in total. The minimum absolute atomic E-state index is 0.0825. The highest BCUT2D eigenvalue weighted by Crippen LogP contribution is 2.28. The van der Waals surface area contributed by atoms with Crippen molar-refractivity contribution in [2.24, 2.45) is 5.10 Å². The third-order valence-electron chi connectivity index (χ3n) is 3.21. The molecule has 2 aromatic rings. The van der Waals surface area contributed by atoms with Crippen LogP contribution in [0.3, 0.4) is 0 Å². The van der Waals surface area contributed by atoms with E-state index in [1.54, 1.807) is 11.3 Å². The fourth-order valence-electron chi connectivity index (χ4n) is 1.85. The van der Waals surface area contributed by atoms with Gasteiger partial charge < -0.3 is 4.74 Å². The highest BCUT2D eigenvalue weighted by molar-refractivity contribution is 9.10. The molecular weight excluding hydrogens is 376 g/mol. The Morgan fingerprint density at radius 1 is 1.39 bits per heavy atom. The lowest BCUT2D eigenvalue weighted by Crippen LogP contribution is -2.25. The van der Waals surface area contributed by atoms with Crippen LogP contribution in [0.4, 0.5) is 0 Å². The van der Waals surface area contributed by atoms with E-state index in [4.69, 9.17) is 4.74 Å². The smallest absolute Gasteiger partial charge is 0.277 e. The van der Waals surface area contributed by atoms with Crippen LogP contribution in [0.25, 0.3) is 0 Å². The first kappa shape index (κ1) is 17.7. The molecule has 0 bridgehead atoms. The summed E-state index contributed by atoms with van der Waals surface area (Å²) in [5.74, 6) is 0.794. The highest BCUT2D eigenvalue weighted by Gasteiger charge is 2.08. The zero-order chi connectivity index (χ0) is 16.8. The molecule has 2 rings (SSSR count). The third kappa shape index (κ3) is 5.18. The van der Waals surface area contributed by atoms with Crippen molar-refractivity contribution in [1.29, 1.82) is 0 Å². The number of hydrogen-bond donors (Lipinski definition) is 1. The Morgan fingerprint density at radius 2 is 2.17 bits per heavy atom. The standard InChI is InChI=1S/C17H19BrN2O2S/c1-11(2)13-6-7-15(14(18)9-13)22-10-17(21)20-19-12(3)16-5-4-8-23-16/h4-9,11H,10H2,1-3H3,(H,20,21)/b19-12+. The maximum absolute atomic E-state index is 11.8. The lowest BCUT2D eigenvalue weighted by molar-refractivity contribution is -0.123. The van der Waals surface area contributed by atoms with Crippen molar-refractivity contribution in [3.05, 3.63) is 50.6 Å². The summed E-state index contributed by atoms with van der Waals surface area (Å²) >= 11 is 5.05. The van der Waals surface area contributed by atoms with Gasteiger partial charge in [0.25, 0.3) is 5.91 Å². The largest absolute Gasteiger partial charge is 0.483 e. The number of thiophene rings is 1. The molecule has 1 amide bonds. The van der Waals surface area contributed by atoms with E-state index in [0.29, 0.717) is 11.7 Å². The Morgan fingerprint density at radius 3 is 2.78 bits per heavy atom. The first-order valence-electron chi connectivity index (χ1n) is 7.26. The molecule has 0 aliphatic carbocycles. The minimum Gasteiger partial charge on any atom is -0.483 e. The summed E-state index contributed by atoms with van der Waals surface area (Å²) < 4.78 is 6.37. The Hall–Kier alpha value is -1.66. The van der Waals surface area contributed by atoms with E-state index in [1.165, 1.54) is 5.56 Å². The van der Waals surface area contributed by atoms with Gasteiger partial charge in [0.1, 0.15) is 5.75 Å². The number of nitrogens with zero attached hydrogens (tertiary/aromatic N) is 1. The fraction of sp³-hybridized carbons (Fsp3) is 0.294. The molecule has 0 radical (unpaired) electrons. The quantitative estimate of drug-likeness (QED) is 0.576. The zero-order valence-corrected chi connectivity index (χ0v) is 15.7. The highest BCUT2D eigenvalue weighted by atomic mass is 79.9. The number of hydrazone groups is 1. The molecule has 0 fully saturated rings. The Bertz CT molecular complexity index is 697. The van der Waals surface area contributed by atoms with Crippen LogP contribution in [0, 0.1) is 0 Å². The summed E-state index contributed by atoms with van der Waals surface area (Å²) in [7, 11) is 0. The second-order valence-corrected chi connectivity index (χ2v) is 7.14. The van der Waals surface area contributed by atoms with Gasteiger partial charge in [-0.3, -0.25) is 4.79 Å². The monoisotopic (exact) mass is 394 g/mol. The molecule has 122 valence electrons. The molecule has 1 aromatic carbocycles. The molecule has 1 heterocycles. The van der Waals surface area contributed by atoms with Crippen LogP contribution in [-0.2, 0) is 4.79 Å². The average molecular weight is 395 g/mol. The molecule has 0 spiro atoms. The Balaban J connectivity index is 1.88. The summed E-state index contributed by atoms with van der Waals surface area (Å²) in [5.41, 5.74) is 4.49. The van der Waals surface area contributed by atoms with Gasteiger partial charge in [-0.25, -0.2) is 5.43 Å². The zero-order valence-electron chi connectivity index (χ0n) is 13.3. The van der Waals surface area contributed by atoms with E-state index in [0.717, 1.165) is 15.1 Å². The number of rotatable bonds is 6. The number of hydrogen-bond acceptors (Lipinski definition) is 4.